The van der Waals surface area contributed by atoms with Crippen LogP contribution in [0.3, 0.4) is 0 Å². The molecule has 6 nitrogen and oxygen atoms in total. The molecule has 0 saturated carbocycles. The van der Waals surface area contributed by atoms with E-state index in [0.717, 1.165) is 11.4 Å². The number of rotatable bonds is 3. The van der Waals surface area contributed by atoms with Crippen LogP contribution in [0.15, 0.2) is 36.5 Å². The molecule has 0 aliphatic carbocycles. The number of carbonyl (C=O) groups is 1. The number of carbonyl (C=O) groups excluding carboxylic acids is 1. The maximum absolute atomic E-state index is 12.5. The Morgan fingerprint density at radius 3 is 2.86 bits per heavy atom. The Balaban J connectivity index is 1.95. The van der Waals surface area contributed by atoms with Crippen LogP contribution in [0.4, 0.5) is 5.69 Å². The first-order chi connectivity index (χ1) is 10.6. The average molecular weight is 296 g/mol. The topological polar surface area (TPSA) is 68.5 Å². The maximum Gasteiger partial charge on any atom is 0.261 e. The number of fused-ring (bicyclic) bond motifs is 1. The minimum Gasteiger partial charge on any atom is -0.497 e. The third kappa shape index (κ3) is 2.50. The van der Waals surface area contributed by atoms with Gasteiger partial charge in [0, 0.05) is 23.1 Å². The molecule has 2 aromatic heterocycles. The van der Waals surface area contributed by atoms with Gasteiger partial charge in [-0.25, -0.2) is 9.50 Å². The Morgan fingerprint density at radius 2 is 2.09 bits per heavy atom. The molecule has 0 atom stereocenters. The van der Waals surface area contributed by atoms with E-state index in [4.69, 9.17) is 4.74 Å². The van der Waals surface area contributed by atoms with Crippen molar-refractivity contribution in [2.75, 3.05) is 12.4 Å². The van der Waals surface area contributed by atoms with Crippen molar-refractivity contribution in [2.45, 2.75) is 13.8 Å². The standard InChI is InChI=1S/C16H16N4O2/c1-10-7-11(2)20-15(18-10)14(9-17-20)16(21)19-12-5-4-6-13(8-12)22-3/h4-9H,1-3H3,(H,19,21). The lowest BCUT2D eigenvalue weighted by atomic mass is 10.2. The number of ether oxygens (including phenoxy) is 1. The summed E-state index contributed by atoms with van der Waals surface area (Å²) in [7, 11) is 1.58. The molecule has 0 fully saturated rings. The predicted octanol–water partition coefficient (Wildman–Crippen LogP) is 2.61. The normalized spacial score (nSPS) is 10.7. The number of anilines is 1. The summed E-state index contributed by atoms with van der Waals surface area (Å²) in [6.45, 7) is 3.82. The number of amides is 1. The quantitative estimate of drug-likeness (QED) is 0.806. The number of nitrogens with one attached hydrogen (secondary N) is 1. The van der Waals surface area contributed by atoms with Gasteiger partial charge in [0.05, 0.1) is 13.3 Å². The van der Waals surface area contributed by atoms with Crippen LogP contribution in [0.5, 0.6) is 5.75 Å². The van der Waals surface area contributed by atoms with E-state index in [1.54, 1.807) is 23.8 Å². The van der Waals surface area contributed by atoms with Crippen LogP contribution in [0.2, 0.25) is 0 Å². The summed E-state index contributed by atoms with van der Waals surface area (Å²) in [6.07, 6.45) is 1.53. The van der Waals surface area contributed by atoms with Crippen molar-refractivity contribution in [3.05, 3.63) is 53.5 Å². The lowest BCUT2D eigenvalue weighted by Gasteiger charge is -2.06. The Kier molecular flexibility index (Phi) is 3.50. The molecule has 22 heavy (non-hydrogen) atoms. The summed E-state index contributed by atoms with van der Waals surface area (Å²) in [5.74, 6) is 0.434. The number of hydrogen-bond acceptors (Lipinski definition) is 4. The molecule has 2 heterocycles. The Hall–Kier alpha value is -2.89. The lowest BCUT2D eigenvalue weighted by molar-refractivity contribution is 0.102. The van der Waals surface area contributed by atoms with Crippen LogP contribution in [-0.4, -0.2) is 27.6 Å². The van der Waals surface area contributed by atoms with Crippen molar-refractivity contribution in [3.63, 3.8) is 0 Å². The van der Waals surface area contributed by atoms with E-state index < -0.39 is 0 Å². The Bertz CT molecular complexity index is 854. The Labute approximate surface area is 127 Å². The third-order valence-corrected chi connectivity index (χ3v) is 3.35. The SMILES string of the molecule is COc1cccc(NC(=O)c2cnn3c(C)cc(C)nc23)c1. The molecule has 0 saturated heterocycles. The van der Waals surface area contributed by atoms with E-state index in [9.17, 15) is 4.79 Å². The molecule has 3 rings (SSSR count). The number of aromatic nitrogens is 3. The minimum absolute atomic E-state index is 0.249. The van der Waals surface area contributed by atoms with Gasteiger partial charge in [-0.05, 0) is 32.0 Å². The monoisotopic (exact) mass is 296 g/mol. The molecule has 0 aliphatic heterocycles. The van der Waals surface area contributed by atoms with Crippen molar-refractivity contribution >= 4 is 17.2 Å². The molecular formula is C16H16N4O2. The number of aryl methyl sites for hydroxylation is 2. The molecule has 1 N–H and O–H groups in total. The van der Waals surface area contributed by atoms with Gasteiger partial charge in [-0.15, -0.1) is 0 Å². The van der Waals surface area contributed by atoms with E-state index in [-0.39, 0.29) is 5.91 Å². The molecule has 0 spiro atoms. The van der Waals surface area contributed by atoms with E-state index in [0.29, 0.717) is 22.6 Å². The van der Waals surface area contributed by atoms with Crippen molar-refractivity contribution in [1.82, 2.24) is 14.6 Å². The fraction of sp³-hybridized carbons (Fsp3) is 0.188. The second-order valence-electron chi connectivity index (χ2n) is 5.02. The van der Waals surface area contributed by atoms with Crippen LogP contribution in [0.1, 0.15) is 21.7 Å². The Morgan fingerprint density at radius 1 is 1.27 bits per heavy atom. The maximum atomic E-state index is 12.5. The van der Waals surface area contributed by atoms with Crippen LogP contribution in [0, 0.1) is 13.8 Å². The zero-order valence-corrected chi connectivity index (χ0v) is 12.6. The van der Waals surface area contributed by atoms with Crippen LogP contribution >= 0.6 is 0 Å². The molecule has 1 amide bonds. The van der Waals surface area contributed by atoms with Gasteiger partial charge in [-0.3, -0.25) is 4.79 Å². The van der Waals surface area contributed by atoms with Crippen LogP contribution in [-0.2, 0) is 0 Å². The molecule has 0 radical (unpaired) electrons. The molecule has 6 heteroatoms. The van der Waals surface area contributed by atoms with Crippen LogP contribution < -0.4 is 10.1 Å². The molecule has 1 aromatic carbocycles. The van der Waals surface area contributed by atoms with E-state index in [1.807, 2.05) is 32.0 Å². The van der Waals surface area contributed by atoms with Gasteiger partial charge >= 0.3 is 0 Å². The van der Waals surface area contributed by atoms with Gasteiger partial charge in [0.2, 0.25) is 0 Å². The van der Waals surface area contributed by atoms with Crippen LogP contribution in [0.25, 0.3) is 5.65 Å². The summed E-state index contributed by atoms with van der Waals surface area (Å²) in [5, 5.41) is 7.06. The summed E-state index contributed by atoms with van der Waals surface area (Å²) < 4.78 is 6.81. The summed E-state index contributed by atoms with van der Waals surface area (Å²) in [5.41, 5.74) is 3.43. The highest BCUT2D eigenvalue weighted by atomic mass is 16.5. The number of benzene rings is 1. The first-order valence-electron chi connectivity index (χ1n) is 6.86. The first-order valence-corrected chi connectivity index (χ1v) is 6.86. The number of nitrogens with zero attached hydrogens (tertiary/aromatic N) is 3. The average Bonchev–Trinajstić information content (AvgIpc) is 2.91. The first kappa shape index (κ1) is 14.1. The molecule has 112 valence electrons. The molecule has 0 bridgehead atoms. The fourth-order valence-electron chi connectivity index (χ4n) is 2.33. The number of hydrogen-bond donors (Lipinski definition) is 1. The van der Waals surface area contributed by atoms with E-state index in [1.165, 1.54) is 6.20 Å². The van der Waals surface area contributed by atoms with E-state index >= 15 is 0 Å². The van der Waals surface area contributed by atoms with Gasteiger partial charge in [-0.2, -0.15) is 5.10 Å². The fourth-order valence-corrected chi connectivity index (χ4v) is 2.33. The van der Waals surface area contributed by atoms with Gasteiger partial charge < -0.3 is 10.1 Å². The zero-order chi connectivity index (χ0) is 15.7. The van der Waals surface area contributed by atoms with Crippen molar-refractivity contribution in [2.24, 2.45) is 0 Å². The van der Waals surface area contributed by atoms with Crippen molar-refractivity contribution < 1.29 is 9.53 Å². The van der Waals surface area contributed by atoms with Gasteiger partial charge in [0.25, 0.3) is 5.91 Å². The molecule has 0 aliphatic rings. The third-order valence-electron chi connectivity index (χ3n) is 3.35. The lowest BCUT2D eigenvalue weighted by Crippen LogP contribution is -2.12. The largest absolute Gasteiger partial charge is 0.497 e. The molecule has 3 aromatic rings. The van der Waals surface area contributed by atoms with Gasteiger partial charge in [-0.1, -0.05) is 6.07 Å². The van der Waals surface area contributed by atoms with Gasteiger partial charge in [0.15, 0.2) is 5.65 Å². The molecular weight excluding hydrogens is 280 g/mol. The summed E-state index contributed by atoms with van der Waals surface area (Å²) in [6, 6.07) is 9.11. The molecule has 0 unspecified atom stereocenters. The van der Waals surface area contributed by atoms with Gasteiger partial charge in [0.1, 0.15) is 11.3 Å². The summed E-state index contributed by atoms with van der Waals surface area (Å²) in [4.78, 5) is 16.9. The minimum atomic E-state index is -0.249. The highest BCUT2D eigenvalue weighted by Crippen LogP contribution is 2.19. The number of methoxy groups -OCH3 is 1. The predicted molar refractivity (Wildman–Crippen MR) is 83.4 cm³/mol. The summed E-state index contributed by atoms with van der Waals surface area (Å²) >= 11 is 0. The highest BCUT2D eigenvalue weighted by Gasteiger charge is 2.15. The highest BCUT2D eigenvalue weighted by molar-refractivity contribution is 6.08. The zero-order valence-electron chi connectivity index (χ0n) is 12.6. The van der Waals surface area contributed by atoms with Crippen molar-refractivity contribution in [3.8, 4) is 5.75 Å². The van der Waals surface area contributed by atoms with Crippen molar-refractivity contribution in [1.29, 1.82) is 0 Å². The smallest absolute Gasteiger partial charge is 0.261 e. The second-order valence-corrected chi connectivity index (χ2v) is 5.02. The second kappa shape index (κ2) is 5.48. The van der Waals surface area contributed by atoms with E-state index in [2.05, 4.69) is 15.4 Å².